The molecule has 0 spiro atoms. The van der Waals surface area contributed by atoms with Gasteiger partial charge in [-0.3, -0.25) is 14.5 Å². The predicted octanol–water partition coefficient (Wildman–Crippen LogP) is 1.97. The van der Waals surface area contributed by atoms with E-state index in [2.05, 4.69) is 25.7 Å². The van der Waals surface area contributed by atoms with Crippen molar-refractivity contribution >= 4 is 11.8 Å². The van der Waals surface area contributed by atoms with Gasteiger partial charge in [-0.2, -0.15) is 0 Å². The Kier molecular flexibility index (Phi) is 6.06. The summed E-state index contributed by atoms with van der Waals surface area (Å²) in [4.78, 5) is 30.7. The molecule has 0 N–H and O–H groups in total. The Hall–Kier alpha value is -1.10. The molecule has 0 aromatic heterocycles. The average Bonchev–Trinajstić information content (AvgIpc) is 3.00. The molecule has 5 heteroatoms. The van der Waals surface area contributed by atoms with Crippen molar-refractivity contribution < 1.29 is 9.59 Å². The third-order valence-electron chi connectivity index (χ3n) is 4.97. The fourth-order valence-corrected chi connectivity index (χ4v) is 3.53. The number of likely N-dealkylation sites (N-methyl/N-ethyl adjacent to an activating group) is 1. The molecule has 2 heterocycles. The smallest absolute Gasteiger partial charge is 0.236 e. The third kappa shape index (κ3) is 5.48. The van der Waals surface area contributed by atoms with Gasteiger partial charge in [-0.1, -0.05) is 20.8 Å². The first-order valence-electron chi connectivity index (χ1n) is 9.02. The quantitative estimate of drug-likeness (QED) is 0.794. The molecule has 2 aliphatic heterocycles. The summed E-state index contributed by atoms with van der Waals surface area (Å²) in [5.41, 5.74) is 0.0485. The topological polar surface area (TPSA) is 43.9 Å². The van der Waals surface area contributed by atoms with Gasteiger partial charge in [-0.25, -0.2) is 0 Å². The number of carbonyl (C=O) groups excluding carboxylic acids is 2. The molecule has 0 saturated carbocycles. The van der Waals surface area contributed by atoms with Crippen LogP contribution in [0.5, 0.6) is 0 Å². The molecular weight excluding hydrogens is 290 g/mol. The van der Waals surface area contributed by atoms with Crippen LogP contribution in [0.2, 0.25) is 0 Å². The molecule has 0 aliphatic carbocycles. The van der Waals surface area contributed by atoms with Crippen LogP contribution in [0, 0.1) is 5.41 Å². The normalized spacial score (nSPS) is 20.4. The lowest BCUT2D eigenvalue weighted by molar-refractivity contribution is -0.136. The highest BCUT2D eigenvalue weighted by atomic mass is 16.2. The van der Waals surface area contributed by atoms with Crippen LogP contribution in [0.1, 0.15) is 52.9 Å². The summed E-state index contributed by atoms with van der Waals surface area (Å²) < 4.78 is 0. The van der Waals surface area contributed by atoms with E-state index < -0.39 is 0 Å². The standard InChI is InChI=1S/C18H33N3O2/c1-18(2,3)13-16(22)21-11-7-15(8-12-21)19(4)14-17(23)20-9-5-6-10-20/h15H,5-14H2,1-4H3. The molecule has 0 radical (unpaired) electrons. The van der Waals surface area contributed by atoms with Gasteiger partial charge < -0.3 is 9.80 Å². The number of likely N-dealkylation sites (tertiary alicyclic amines) is 2. The maximum atomic E-state index is 12.3. The first-order valence-corrected chi connectivity index (χ1v) is 9.02. The number of nitrogens with zero attached hydrogens (tertiary/aromatic N) is 3. The Bertz CT molecular complexity index is 416. The van der Waals surface area contributed by atoms with Crippen LogP contribution in [0.25, 0.3) is 0 Å². The average molecular weight is 323 g/mol. The molecular formula is C18H33N3O2. The minimum atomic E-state index is 0.0485. The number of carbonyl (C=O) groups is 2. The van der Waals surface area contributed by atoms with Gasteiger partial charge in [-0.05, 0) is 38.1 Å². The van der Waals surface area contributed by atoms with Crippen molar-refractivity contribution in [3.05, 3.63) is 0 Å². The van der Waals surface area contributed by atoms with Crippen LogP contribution in [0.15, 0.2) is 0 Å². The Labute approximate surface area is 141 Å². The second kappa shape index (κ2) is 7.65. The molecule has 132 valence electrons. The lowest BCUT2D eigenvalue weighted by Crippen LogP contribution is -2.48. The minimum absolute atomic E-state index is 0.0485. The highest BCUT2D eigenvalue weighted by molar-refractivity contribution is 5.78. The zero-order valence-electron chi connectivity index (χ0n) is 15.3. The molecule has 2 aliphatic rings. The summed E-state index contributed by atoms with van der Waals surface area (Å²) in [6, 6.07) is 0.417. The summed E-state index contributed by atoms with van der Waals surface area (Å²) in [7, 11) is 2.05. The summed E-state index contributed by atoms with van der Waals surface area (Å²) in [5.74, 6) is 0.531. The van der Waals surface area contributed by atoms with Gasteiger partial charge in [0.2, 0.25) is 11.8 Å². The molecule has 0 unspecified atom stereocenters. The Morgan fingerprint density at radius 2 is 1.48 bits per heavy atom. The van der Waals surface area contributed by atoms with Gasteiger partial charge in [0.05, 0.1) is 6.54 Å². The van der Waals surface area contributed by atoms with Crippen LogP contribution in [0.4, 0.5) is 0 Å². The largest absolute Gasteiger partial charge is 0.343 e. The van der Waals surface area contributed by atoms with Gasteiger partial charge in [0.1, 0.15) is 0 Å². The van der Waals surface area contributed by atoms with Gasteiger partial charge in [0.15, 0.2) is 0 Å². The summed E-state index contributed by atoms with van der Waals surface area (Å²) in [5, 5.41) is 0. The SMILES string of the molecule is CN(CC(=O)N1CCCC1)C1CCN(C(=O)CC(C)(C)C)CC1. The Balaban J connectivity index is 1.75. The molecule has 2 fully saturated rings. The van der Waals surface area contributed by atoms with Crippen LogP contribution < -0.4 is 0 Å². The lowest BCUT2D eigenvalue weighted by Gasteiger charge is -2.37. The highest BCUT2D eigenvalue weighted by Gasteiger charge is 2.29. The van der Waals surface area contributed by atoms with E-state index in [9.17, 15) is 9.59 Å². The van der Waals surface area contributed by atoms with E-state index in [1.54, 1.807) is 0 Å². The molecule has 2 saturated heterocycles. The van der Waals surface area contributed by atoms with Gasteiger partial charge in [-0.15, -0.1) is 0 Å². The van der Waals surface area contributed by atoms with Crippen molar-refractivity contribution in [2.75, 3.05) is 39.8 Å². The summed E-state index contributed by atoms with van der Waals surface area (Å²) in [6.07, 6.45) is 4.84. The molecule has 2 amide bonds. The van der Waals surface area contributed by atoms with Crippen molar-refractivity contribution in [1.82, 2.24) is 14.7 Å². The lowest BCUT2D eigenvalue weighted by atomic mass is 9.91. The van der Waals surface area contributed by atoms with Crippen molar-refractivity contribution in [3.63, 3.8) is 0 Å². The molecule has 0 aromatic rings. The molecule has 0 bridgehead atoms. The van der Waals surface area contributed by atoms with Gasteiger partial charge in [0, 0.05) is 38.6 Å². The zero-order chi connectivity index (χ0) is 17.0. The molecule has 0 aromatic carbocycles. The van der Waals surface area contributed by atoms with E-state index in [0.717, 1.165) is 51.9 Å². The van der Waals surface area contributed by atoms with E-state index in [0.29, 0.717) is 19.0 Å². The van der Waals surface area contributed by atoms with E-state index in [1.165, 1.54) is 0 Å². The maximum Gasteiger partial charge on any atom is 0.236 e. The highest BCUT2D eigenvalue weighted by Crippen LogP contribution is 2.22. The fourth-order valence-electron chi connectivity index (χ4n) is 3.53. The van der Waals surface area contributed by atoms with Crippen molar-refractivity contribution in [3.8, 4) is 0 Å². The second-order valence-corrected chi connectivity index (χ2v) is 8.35. The number of rotatable bonds is 4. The zero-order valence-corrected chi connectivity index (χ0v) is 15.3. The fraction of sp³-hybridized carbons (Fsp3) is 0.889. The van der Waals surface area contributed by atoms with E-state index in [4.69, 9.17) is 0 Å². The number of amides is 2. The second-order valence-electron chi connectivity index (χ2n) is 8.35. The number of piperidine rings is 1. The van der Waals surface area contributed by atoms with Crippen LogP contribution in [-0.2, 0) is 9.59 Å². The van der Waals surface area contributed by atoms with Gasteiger partial charge in [0.25, 0.3) is 0 Å². The molecule has 5 nitrogen and oxygen atoms in total. The predicted molar refractivity (Wildman–Crippen MR) is 92.1 cm³/mol. The first kappa shape index (κ1) is 18.2. The molecule has 2 rings (SSSR count). The van der Waals surface area contributed by atoms with Crippen molar-refractivity contribution in [2.45, 2.75) is 58.9 Å². The maximum absolute atomic E-state index is 12.3. The van der Waals surface area contributed by atoms with Crippen LogP contribution >= 0.6 is 0 Å². The van der Waals surface area contributed by atoms with Crippen molar-refractivity contribution in [1.29, 1.82) is 0 Å². The summed E-state index contributed by atoms with van der Waals surface area (Å²) in [6.45, 7) is 10.3. The number of hydrogen-bond acceptors (Lipinski definition) is 3. The van der Waals surface area contributed by atoms with E-state index >= 15 is 0 Å². The monoisotopic (exact) mass is 323 g/mol. The first-order chi connectivity index (χ1) is 10.8. The minimum Gasteiger partial charge on any atom is -0.343 e. The Morgan fingerprint density at radius 1 is 0.957 bits per heavy atom. The van der Waals surface area contributed by atoms with Crippen molar-refractivity contribution in [2.24, 2.45) is 5.41 Å². The molecule has 0 atom stereocenters. The van der Waals surface area contributed by atoms with E-state index in [1.807, 2.05) is 16.8 Å². The van der Waals surface area contributed by atoms with Crippen LogP contribution in [-0.4, -0.2) is 72.3 Å². The third-order valence-corrected chi connectivity index (χ3v) is 4.97. The number of hydrogen-bond donors (Lipinski definition) is 0. The van der Waals surface area contributed by atoms with Crippen LogP contribution in [0.3, 0.4) is 0 Å². The molecule has 23 heavy (non-hydrogen) atoms. The Morgan fingerprint density at radius 3 is 2.00 bits per heavy atom. The summed E-state index contributed by atoms with van der Waals surface area (Å²) >= 11 is 0. The van der Waals surface area contributed by atoms with Gasteiger partial charge >= 0.3 is 0 Å². The van der Waals surface area contributed by atoms with E-state index in [-0.39, 0.29) is 17.2 Å².